The van der Waals surface area contributed by atoms with Crippen LogP contribution in [0.15, 0.2) is 54.6 Å². The average Bonchev–Trinajstić information content (AvgIpc) is 2.61. The summed E-state index contributed by atoms with van der Waals surface area (Å²) < 4.78 is 0. The smallest absolute Gasteiger partial charge is 0.550 e. The van der Waals surface area contributed by atoms with Crippen LogP contribution in [0.3, 0.4) is 0 Å². The molecule has 174 valence electrons. The van der Waals surface area contributed by atoms with E-state index >= 15 is 0 Å². The van der Waals surface area contributed by atoms with Gasteiger partial charge >= 0.3 is 26.2 Å². The predicted molar refractivity (Wildman–Crippen MR) is 131 cm³/mol. The van der Waals surface area contributed by atoms with E-state index in [0.29, 0.717) is 0 Å². The molecule has 0 N–H and O–H groups in total. The van der Waals surface area contributed by atoms with Crippen molar-refractivity contribution in [1.29, 1.82) is 0 Å². The van der Waals surface area contributed by atoms with Crippen molar-refractivity contribution >= 4 is 38.1 Å². The molecule has 5 heteroatoms. The van der Waals surface area contributed by atoms with Crippen LogP contribution in [0.25, 0.3) is 0 Å². The minimum Gasteiger partial charge on any atom is -0.550 e. The Morgan fingerprint density at radius 1 is 0.576 bits per heavy atom. The van der Waals surface area contributed by atoms with Gasteiger partial charge in [-0.05, 0) is 90.3 Å². The summed E-state index contributed by atoms with van der Waals surface area (Å²) in [7, 11) is 0. The fourth-order valence-corrected chi connectivity index (χ4v) is 2.21. The fourth-order valence-electron chi connectivity index (χ4n) is 2.21. The molecule has 0 aliphatic rings. The van der Waals surface area contributed by atoms with Gasteiger partial charge in [0.25, 0.3) is 0 Å². The molecule has 0 unspecified atom stereocenters. The number of aryl methyl sites for hydroxylation is 6. The molecular weight excluding hydrogens is 609 g/mol. The molecule has 0 amide bonds. The van der Waals surface area contributed by atoms with E-state index in [1.54, 1.807) is 0 Å². The molecule has 0 bridgehead atoms. The summed E-state index contributed by atoms with van der Waals surface area (Å²) in [5, 5.41) is 17.8. The predicted octanol–water partition coefficient (Wildman–Crippen LogP) is 3.44. The van der Waals surface area contributed by atoms with Gasteiger partial charge in [-0.25, -0.2) is 0 Å². The first-order valence-corrected chi connectivity index (χ1v) is 10.0. The van der Waals surface area contributed by atoms with Gasteiger partial charge in [0.15, 0.2) is 0 Å². The van der Waals surface area contributed by atoms with Crippen molar-refractivity contribution in [2.24, 2.45) is 0 Å². The molecule has 3 aromatic rings. The summed E-state index contributed by atoms with van der Waals surface area (Å²) in [6.45, 7) is 14.3. The number of carbonyl (C=O) groups excluding carboxylic acids is 2. The number of aliphatic carboxylic acids is 2. The zero-order chi connectivity index (χ0) is 25.1. The van der Waals surface area contributed by atoms with Crippen molar-refractivity contribution < 1.29 is 19.8 Å². The number of carbonyl (C=O) groups is 2. The van der Waals surface area contributed by atoms with E-state index in [1.165, 1.54) is 33.4 Å². The number of carboxylic acids is 2. The van der Waals surface area contributed by atoms with Crippen molar-refractivity contribution in [3.05, 3.63) is 106 Å². The van der Waals surface area contributed by atoms with Crippen molar-refractivity contribution in [1.82, 2.24) is 0 Å². The van der Waals surface area contributed by atoms with Crippen molar-refractivity contribution in [2.75, 3.05) is 0 Å². The van der Waals surface area contributed by atoms with Gasteiger partial charge in [-0.2, -0.15) is 0 Å². The van der Waals surface area contributed by atoms with E-state index in [-0.39, 0.29) is 26.2 Å². The Kier molecular flexibility index (Phi) is 22.7. The van der Waals surface area contributed by atoms with E-state index in [0.717, 1.165) is 13.8 Å². The zero-order valence-corrected chi connectivity index (χ0v) is 24.3. The molecule has 6 radical (unpaired) electrons. The second-order valence-electron chi connectivity index (χ2n) is 7.13. The third kappa shape index (κ3) is 29.5. The number of hydrogen-bond donors (Lipinski definition) is 0. The quantitative estimate of drug-likeness (QED) is 0.352. The molecule has 4 nitrogen and oxygen atoms in total. The van der Waals surface area contributed by atoms with Crippen LogP contribution >= 0.6 is 0 Å². The van der Waals surface area contributed by atoms with Gasteiger partial charge in [0.1, 0.15) is 0 Å². The Morgan fingerprint density at radius 3 is 0.848 bits per heavy atom. The van der Waals surface area contributed by atoms with Crippen molar-refractivity contribution in [2.45, 2.75) is 55.4 Å². The number of rotatable bonds is 0. The summed E-state index contributed by atoms with van der Waals surface area (Å²) in [4.78, 5) is 17.8. The molecule has 3 aromatic carbocycles. The van der Waals surface area contributed by atoms with Gasteiger partial charge in [0.2, 0.25) is 0 Å². The Morgan fingerprint density at radius 2 is 0.758 bits per heavy atom. The van der Waals surface area contributed by atoms with Crippen molar-refractivity contribution in [3.8, 4) is 0 Å². The number of carboxylic acid groups (broad SMARTS) is 2. The molecule has 3 rings (SSSR count). The molecule has 33 heavy (non-hydrogen) atoms. The summed E-state index contributed by atoms with van der Waals surface area (Å²) >= 11 is 0. The Balaban J connectivity index is -0.000000350. The monoisotopic (exact) mass is 642 g/mol. The molecule has 0 aliphatic carbocycles. The maximum absolute atomic E-state index is 8.89. The maximum Gasteiger partial charge on any atom is 2.00 e. The van der Waals surface area contributed by atoms with Crippen LogP contribution in [-0.4, -0.2) is 38.1 Å². The first kappa shape index (κ1) is 35.1. The molecule has 0 heterocycles. The first-order chi connectivity index (χ1) is 14.8. The van der Waals surface area contributed by atoms with E-state index in [1.807, 2.05) is 57.2 Å². The first-order valence-electron chi connectivity index (χ1n) is 10.0. The van der Waals surface area contributed by atoms with Crippen LogP contribution in [0, 0.1) is 59.7 Å². The molecule has 0 spiro atoms. The molecule has 0 aliphatic heterocycles. The SMILES string of the molecule is CC(=O)[O-].CC(=O)[O-].Cc1[c]ccc(C)c1.Cc1[c]ccc(C)c1.Cc1[c]ccc(C)c1.[Bi+2]. The van der Waals surface area contributed by atoms with Crippen LogP contribution in [0.5, 0.6) is 0 Å². The largest absolute Gasteiger partial charge is 2.00 e. The molecule has 0 aromatic heterocycles. The molecule has 0 saturated carbocycles. The minimum atomic E-state index is -1.08. The summed E-state index contributed by atoms with van der Waals surface area (Å²) in [6, 6.07) is 27.5. The standard InChI is InChI=1S/3C8H9.2C2H4O2.Bi/c3*1-7-4-3-5-8(2)6-7;2*1-2(3)4;/h3*3-4,6H,1-2H3;2*1H3,(H,3,4);/q;;;;;+2/p-2. The number of hydrogen-bond acceptors (Lipinski definition) is 4. The van der Waals surface area contributed by atoms with E-state index in [2.05, 4.69) is 57.2 Å². The Labute approximate surface area is 218 Å². The maximum atomic E-state index is 8.89. The second kappa shape index (κ2) is 21.3. The topological polar surface area (TPSA) is 80.3 Å². The molecular formula is C28H33BiO4. The molecule has 0 saturated heterocycles. The second-order valence-corrected chi connectivity index (χ2v) is 7.13. The van der Waals surface area contributed by atoms with E-state index < -0.39 is 11.9 Å². The van der Waals surface area contributed by atoms with Crippen LogP contribution in [0.4, 0.5) is 0 Å². The molecule has 0 atom stereocenters. The van der Waals surface area contributed by atoms with Crippen LogP contribution in [0.2, 0.25) is 0 Å². The zero-order valence-electron chi connectivity index (χ0n) is 20.8. The van der Waals surface area contributed by atoms with Gasteiger partial charge in [-0.15, -0.1) is 0 Å². The molecule has 0 fully saturated rings. The fraction of sp³-hybridized carbons (Fsp3) is 0.286. The van der Waals surface area contributed by atoms with E-state index in [9.17, 15) is 0 Å². The summed E-state index contributed by atoms with van der Waals surface area (Å²) in [5.74, 6) is -2.17. The summed E-state index contributed by atoms with van der Waals surface area (Å²) in [6.07, 6.45) is 0. The van der Waals surface area contributed by atoms with Crippen LogP contribution in [0.1, 0.15) is 47.2 Å². The van der Waals surface area contributed by atoms with Gasteiger partial charge < -0.3 is 19.8 Å². The Bertz CT molecular complexity index is 761. The van der Waals surface area contributed by atoms with Crippen molar-refractivity contribution in [3.63, 3.8) is 0 Å². The van der Waals surface area contributed by atoms with Gasteiger partial charge in [-0.3, -0.25) is 0 Å². The third-order valence-electron chi connectivity index (χ3n) is 3.30. The number of benzene rings is 3. The van der Waals surface area contributed by atoms with Crippen LogP contribution in [-0.2, 0) is 9.59 Å². The average molecular weight is 643 g/mol. The van der Waals surface area contributed by atoms with Gasteiger partial charge in [-0.1, -0.05) is 71.3 Å². The summed E-state index contributed by atoms with van der Waals surface area (Å²) in [5.41, 5.74) is 7.56. The minimum absolute atomic E-state index is 0. The van der Waals surface area contributed by atoms with E-state index in [4.69, 9.17) is 19.8 Å². The van der Waals surface area contributed by atoms with Gasteiger partial charge in [0, 0.05) is 11.9 Å². The Hall–Kier alpha value is -2.52. The van der Waals surface area contributed by atoms with Crippen LogP contribution < -0.4 is 10.2 Å². The van der Waals surface area contributed by atoms with Gasteiger partial charge in [0.05, 0.1) is 0 Å². The normalized spacial score (nSPS) is 8.24. The third-order valence-corrected chi connectivity index (χ3v) is 3.30.